The highest BCUT2D eigenvalue weighted by atomic mass is 16.5. The average Bonchev–Trinajstić information content (AvgIpc) is 2.93. The molecular weight excluding hydrogens is 480 g/mol. The fraction of sp³-hybridized carbons (Fsp3) is 0.516. The standard InChI is InChI=1S/C31H42N2O5/c1-6-7-8-9-23-20-28(34)38-31-29(23)26(35-4)21-27(36-5)30(31)25(14-15-33-16-18-37-19-17-33)22-10-12-24(13-11-22)32(2)3/h10-13,20-21,25H,6-9,14-19H2,1-5H3/t25-/m1/s1. The summed E-state index contributed by atoms with van der Waals surface area (Å²) in [5.41, 5.74) is 4.41. The van der Waals surface area contributed by atoms with Gasteiger partial charge in [-0.05, 0) is 49.1 Å². The monoisotopic (exact) mass is 522 g/mol. The van der Waals surface area contributed by atoms with Crippen molar-refractivity contribution < 1.29 is 18.6 Å². The van der Waals surface area contributed by atoms with Crippen LogP contribution in [0.15, 0.2) is 45.6 Å². The Morgan fingerprint density at radius 1 is 1.00 bits per heavy atom. The molecule has 0 amide bonds. The van der Waals surface area contributed by atoms with Crippen molar-refractivity contribution in [3.05, 3.63) is 63.5 Å². The van der Waals surface area contributed by atoms with Crippen molar-refractivity contribution in [2.45, 2.75) is 44.9 Å². The normalized spacial score (nSPS) is 15.0. The molecule has 4 rings (SSSR count). The number of morpholine rings is 1. The molecule has 0 radical (unpaired) electrons. The van der Waals surface area contributed by atoms with Gasteiger partial charge in [-0.2, -0.15) is 0 Å². The Morgan fingerprint density at radius 3 is 2.34 bits per heavy atom. The molecule has 0 bridgehead atoms. The van der Waals surface area contributed by atoms with Crippen LogP contribution in [0, 0.1) is 0 Å². The van der Waals surface area contributed by atoms with E-state index in [-0.39, 0.29) is 11.5 Å². The second kappa shape index (κ2) is 13.2. The summed E-state index contributed by atoms with van der Waals surface area (Å²) in [5.74, 6) is 1.31. The predicted molar refractivity (Wildman–Crippen MR) is 153 cm³/mol. The van der Waals surface area contributed by atoms with E-state index < -0.39 is 0 Å². The van der Waals surface area contributed by atoms with E-state index in [1.54, 1.807) is 20.3 Å². The van der Waals surface area contributed by atoms with Crippen LogP contribution in [0.4, 0.5) is 5.69 Å². The molecule has 0 aliphatic carbocycles. The van der Waals surface area contributed by atoms with E-state index in [4.69, 9.17) is 18.6 Å². The van der Waals surface area contributed by atoms with Crippen molar-refractivity contribution >= 4 is 16.7 Å². The Balaban J connectivity index is 1.89. The van der Waals surface area contributed by atoms with Gasteiger partial charge in [-0.3, -0.25) is 4.90 Å². The number of fused-ring (bicyclic) bond motifs is 1. The quantitative estimate of drug-likeness (QED) is 0.231. The van der Waals surface area contributed by atoms with Gasteiger partial charge in [0, 0.05) is 56.5 Å². The molecule has 1 atom stereocenters. The maximum absolute atomic E-state index is 12.9. The first-order chi connectivity index (χ1) is 18.5. The SMILES string of the molecule is CCCCCc1cc(=O)oc2c([C@H](CCN3CCOCC3)c3ccc(N(C)C)cc3)c(OC)cc(OC)c12. The first-order valence-electron chi connectivity index (χ1n) is 13.8. The third-order valence-electron chi connectivity index (χ3n) is 7.55. The molecular formula is C31H42N2O5. The smallest absolute Gasteiger partial charge is 0.336 e. The maximum Gasteiger partial charge on any atom is 0.336 e. The zero-order chi connectivity index (χ0) is 27.1. The summed E-state index contributed by atoms with van der Waals surface area (Å²) in [5, 5.41) is 0.875. The van der Waals surface area contributed by atoms with E-state index in [0.29, 0.717) is 17.1 Å². The number of hydrogen-bond donors (Lipinski definition) is 0. The molecule has 1 aromatic heterocycles. The number of benzene rings is 2. The highest BCUT2D eigenvalue weighted by Gasteiger charge is 2.28. The molecule has 0 saturated carbocycles. The summed E-state index contributed by atoms with van der Waals surface area (Å²) < 4.78 is 23.4. The Bertz CT molecular complexity index is 1250. The van der Waals surface area contributed by atoms with Crippen LogP contribution in [0.3, 0.4) is 0 Å². The molecule has 1 aliphatic heterocycles. The van der Waals surface area contributed by atoms with E-state index in [2.05, 4.69) is 41.0 Å². The van der Waals surface area contributed by atoms with Gasteiger partial charge in [0.2, 0.25) is 0 Å². The summed E-state index contributed by atoms with van der Waals surface area (Å²) in [6, 6.07) is 12.2. The molecule has 3 aromatic rings. The van der Waals surface area contributed by atoms with Crippen LogP contribution in [-0.2, 0) is 11.2 Å². The van der Waals surface area contributed by atoms with Crippen LogP contribution >= 0.6 is 0 Å². The second-order valence-electron chi connectivity index (χ2n) is 10.2. The lowest BCUT2D eigenvalue weighted by atomic mass is 9.85. The van der Waals surface area contributed by atoms with Crippen LogP contribution in [0.25, 0.3) is 11.0 Å². The lowest BCUT2D eigenvalue weighted by molar-refractivity contribution is 0.0369. The first-order valence-corrected chi connectivity index (χ1v) is 13.8. The van der Waals surface area contributed by atoms with Gasteiger partial charge in [0.1, 0.15) is 17.1 Å². The summed E-state index contributed by atoms with van der Waals surface area (Å²) in [6.45, 7) is 6.44. The van der Waals surface area contributed by atoms with Crippen molar-refractivity contribution in [1.82, 2.24) is 4.90 Å². The molecule has 0 N–H and O–H groups in total. The van der Waals surface area contributed by atoms with E-state index in [1.165, 1.54) is 0 Å². The number of aryl methyl sites for hydroxylation is 1. The summed E-state index contributed by atoms with van der Waals surface area (Å²) >= 11 is 0. The van der Waals surface area contributed by atoms with Crippen LogP contribution in [0.1, 0.15) is 55.2 Å². The molecule has 206 valence electrons. The maximum atomic E-state index is 12.9. The van der Waals surface area contributed by atoms with Gasteiger partial charge >= 0.3 is 5.63 Å². The Labute approximate surface area is 226 Å². The fourth-order valence-electron chi connectivity index (χ4n) is 5.42. The molecule has 2 aromatic carbocycles. The molecule has 38 heavy (non-hydrogen) atoms. The number of rotatable bonds is 12. The summed E-state index contributed by atoms with van der Waals surface area (Å²) in [4.78, 5) is 17.4. The molecule has 7 nitrogen and oxygen atoms in total. The van der Waals surface area contributed by atoms with Crippen molar-refractivity contribution in [2.24, 2.45) is 0 Å². The lowest BCUT2D eigenvalue weighted by Gasteiger charge is -2.29. The summed E-state index contributed by atoms with van der Waals surface area (Å²) in [7, 11) is 7.41. The highest BCUT2D eigenvalue weighted by molar-refractivity contribution is 5.92. The van der Waals surface area contributed by atoms with Crippen LogP contribution < -0.4 is 20.0 Å². The number of nitrogens with zero attached hydrogens (tertiary/aromatic N) is 2. The number of hydrogen-bond acceptors (Lipinski definition) is 7. The van der Waals surface area contributed by atoms with Crippen molar-refractivity contribution in [2.75, 3.05) is 66.1 Å². The Kier molecular flexibility index (Phi) is 9.69. The van der Waals surface area contributed by atoms with Crippen molar-refractivity contribution in [3.63, 3.8) is 0 Å². The largest absolute Gasteiger partial charge is 0.496 e. The van der Waals surface area contributed by atoms with Crippen LogP contribution in [0.2, 0.25) is 0 Å². The van der Waals surface area contributed by atoms with E-state index in [0.717, 1.165) is 92.7 Å². The Morgan fingerprint density at radius 2 is 1.71 bits per heavy atom. The Hall–Kier alpha value is -3.03. The molecule has 1 aliphatic rings. The molecule has 1 saturated heterocycles. The zero-order valence-corrected chi connectivity index (χ0v) is 23.5. The van der Waals surface area contributed by atoms with Gasteiger partial charge in [0.05, 0.1) is 32.8 Å². The van der Waals surface area contributed by atoms with E-state index in [9.17, 15) is 4.79 Å². The second-order valence-corrected chi connectivity index (χ2v) is 10.2. The number of anilines is 1. The number of unbranched alkanes of at least 4 members (excludes halogenated alkanes) is 2. The summed E-state index contributed by atoms with van der Waals surface area (Å²) in [6.07, 6.45) is 4.87. The van der Waals surface area contributed by atoms with Crippen molar-refractivity contribution in [3.8, 4) is 11.5 Å². The van der Waals surface area contributed by atoms with Crippen LogP contribution in [0.5, 0.6) is 11.5 Å². The third-order valence-corrected chi connectivity index (χ3v) is 7.55. The third kappa shape index (κ3) is 6.33. The van der Waals surface area contributed by atoms with E-state index in [1.807, 2.05) is 20.2 Å². The number of methoxy groups -OCH3 is 2. The molecule has 2 heterocycles. The van der Waals surface area contributed by atoms with Gasteiger partial charge < -0.3 is 23.5 Å². The minimum Gasteiger partial charge on any atom is -0.496 e. The van der Waals surface area contributed by atoms with Crippen LogP contribution in [-0.4, -0.2) is 66.1 Å². The average molecular weight is 523 g/mol. The highest BCUT2D eigenvalue weighted by Crippen LogP contribution is 2.44. The molecule has 0 unspecified atom stereocenters. The fourth-order valence-corrected chi connectivity index (χ4v) is 5.42. The molecule has 7 heteroatoms. The van der Waals surface area contributed by atoms with Gasteiger partial charge in [-0.15, -0.1) is 0 Å². The lowest BCUT2D eigenvalue weighted by Crippen LogP contribution is -2.37. The van der Waals surface area contributed by atoms with E-state index >= 15 is 0 Å². The minimum atomic E-state index is -0.338. The predicted octanol–water partition coefficient (Wildman–Crippen LogP) is 5.46. The zero-order valence-electron chi connectivity index (χ0n) is 23.5. The molecule has 0 spiro atoms. The van der Waals surface area contributed by atoms with Gasteiger partial charge in [-0.25, -0.2) is 4.79 Å². The first kappa shape index (κ1) is 28.0. The van der Waals surface area contributed by atoms with Crippen molar-refractivity contribution in [1.29, 1.82) is 0 Å². The molecule has 1 fully saturated rings. The van der Waals surface area contributed by atoms with Gasteiger partial charge in [0.25, 0.3) is 0 Å². The van der Waals surface area contributed by atoms with Gasteiger partial charge in [0.15, 0.2) is 0 Å². The topological polar surface area (TPSA) is 64.4 Å². The minimum absolute atomic E-state index is 0.0357. The van der Waals surface area contributed by atoms with Gasteiger partial charge in [-0.1, -0.05) is 31.9 Å². The number of ether oxygens (including phenoxy) is 3.